The number of aromatic nitrogens is 1. The third-order valence-electron chi connectivity index (χ3n) is 4.98. The number of aliphatic hydroxyl groups is 1. The zero-order valence-electron chi connectivity index (χ0n) is 18.1. The van der Waals surface area contributed by atoms with E-state index in [-0.39, 0.29) is 19.3 Å². The molecule has 1 aromatic carbocycles. The van der Waals surface area contributed by atoms with Gasteiger partial charge in [0.05, 0.1) is 19.2 Å². The van der Waals surface area contributed by atoms with E-state index in [9.17, 15) is 34.2 Å². The number of aliphatic hydroxyl groups excluding tert-OH is 1. The number of carbonyl (C=O) groups excluding carboxylic acids is 3. The Hall–Kier alpha value is -3.97. The van der Waals surface area contributed by atoms with Gasteiger partial charge in [-0.1, -0.05) is 18.2 Å². The van der Waals surface area contributed by atoms with E-state index < -0.39 is 60.9 Å². The van der Waals surface area contributed by atoms with Crippen LogP contribution in [0.5, 0.6) is 0 Å². The summed E-state index contributed by atoms with van der Waals surface area (Å²) in [5.74, 6) is -4.94. The molecule has 0 aliphatic rings. The Morgan fingerprint density at radius 3 is 2.35 bits per heavy atom. The van der Waals surface area contributed by atoms with Gasteiger partial charge in [0.15, 0.2) is 0 Å². The molecular formula is C21H27N5O8. The molecule has 3 atom stereocenters. The van der Waals surface area contributed by atoms with Crippen LogP contribution in [0.1, 0.15) is 18.4 Å². The highest BCUT2D eigenvalue weighted by Gasteiger charge is 2.25. The van der Waals surface area contributed by atoms with Gasteiger partial charge in [-0.05, 0) is 18.1 Å². The molecule has 3 unspecified atom stereocenters. The lowest BCUT2D eigenvalue weighted by Crippen LogP contribution is -2.55. The van der Waals surface area contributed by atoms with Crippen LogP contribution in [0.25, 0.3) is 10.9 Å². The third-order valence-corrected chi connectivity index (χ3v) is 4.98. The summed E-state index contributed by atoms with van der Waals surface area (Å²) in [6.07, 6.45) is 1.14. The maximum Gasteiger partial charge on any atom is 0.326 e. The van der Waals surface area contributed by atoms with Crippen LogP contribution in [-0.2, 0) is 30.4 Å². The lowest BCUT2D eigenvalue weighted by Gasteiger charge is -2.19. The molecule has 0 bridgehead atoms. The Morgan fingerprint density at radius 1 is 1.00 bits per heavy atom. The van der Waals surface area contributed by atoms with Crippen LogP contribution in [0.2, 0.25) is 0 Å². The van der Waals surface area contributed by atoms with Gasteiger partial charge in [0, 0.05) is 29.9 Å². The van der Waals surface area contributed by atoms with E-state index in [1.807, 2.05) is 18.2 Å². The normalized spacial score (nSPS) is 13.5. The monoisotopic (exact) mass is 477 g/mol. The van der Waals surface area contributed by atoms with Crippen LogP contribution >= 0.6 is 0 Å². The predicted octanol–water partition coefficient (Wildman–Crippen LogP) is -1.93. The standard InChI is InChI=1S/C21H27N5O8/c22-13(5-6-18(29)30)19(31)26-16(10-27)20(32)24-9-17(28)25-15(21(33)34)7-11-8-23-14-4-2-1-3-12(11)14/h1-4,8,13,15-16,23,27H,5-7,9-10,22H2,(H,24,32)(H,25,28)(H,26,31)(H,29,30)(H,33,34). The molecule has 3 amide bonds. The fourth-order valence-electron chi connectivity index (χ4n) is 3.14. The van der Waals surface area contributed by atoms with E-state index in [0.717, 1.165) is 10.9 Å². The lowest BCUT2D eigenvalue weighted by molar-refractivity contribution is -0.141. The number of fused-ring (bicyclic) bond motifs is 1. The number of hydrogen-bond donors (Lipinski definition) is 8. The highest BCUT2D eigenvalue weighted by molar-refractivity contribution is 5.93. The van der Waals surface area contributed by atoms with Crippen molar-refractivity contribution in [3.8, 4) is 0 Å². The first-order valence-electron chi connectivity index (χ1n) is 10.4. The lowest BCUT2D eigenvalue weighted by atomic mass is 10.0. The Bertz CT molecular complexity index is 1050. The van der Waals surface area contributed by atoms with Crippen molar-refractivity contribution < 1.29 is 39.3 Å². The summed E-state index contributed by atoms with van der Waals surface area (Å²) < 4.78 is 0. The molecule has 13 nitrogen and oxygen atoms in total. The minimum absolute atomic E-state index is 0.00257. The summed E-state index contributed by atoms with van der Waals surface area (Å²) in [6.45, 7) is -1.41. The summed E-state index contributed by atoms with van der Waals surface area (Å²) in [6, 6.07) is 3.38. The smallest absolute Gasteiger partial charge is 0.326 e. The fourth-order valence-corrected chi connectivity index (χ4v) is 3.14. The number of aromatic amines is 1. The predicted molar refractivity (Wildman–Crippen MR) is 118 cm³/mol. The van der Waals surface area contributed by atoms with E-state index in [4.69, 9.17) is 10.8 Å². The molecule has 2 rings (SSSR count). The molecule has 9 N–H and O–H groups in total. The van der Waals surface area contributed by atoms with Gasteiger partial charge >= 0.3 is 11.9 Å². The summed E-state index contributed by atoms with van der Waals surface area (Å²) in [5, 5.41) is 35.0. The average molecular weight is 477 g/mol. The number of aliphatic carboxylic acids is 2. The quantitative estimate of drug-likeness (QED) is 0.160. The Kier molecular flexibility index (Phi) is 9.52. The first-order valence-corrected chi connectivity index (χ1v) is 10.4. The second kappa shape index (κ2) is 12.3. The highest BCUT2D eigenvalue weighted by atomic mass is 16.4. The number of carboxylic acids is 2. The van der Waals surface area contributed by atoms with E-state index in [0.29, 0.717) is 5.56 Å². The first kappa shape index (κ1) is 26.3. The molecular weight excluding hydrogens is 450 g/mol. The fraction of sp³-hybridized carbons (Fsp3) is 0.381. The molecule has 0 spiro atoms. The van der Waals surface area contributed by atoms with Gasteiger partial charge in [-0.25, -0.2) is 4.79 Å². The topological polar surface area (TPSA) is 224 Å². The second-order valence-corrected chi connectivity index (χ2v) is 7.52. The number of amides is 3. The zero-order valence-corrected chi connectivity index (χ0v) is 18.1. The number of H-pyrrole nitrogens is 1. The molecule has 13 heteroatoms. The van der Waals surface area contributed by atoms with Crippen LogP contribution < -0.4 is 21.7 Å². The van der Waals surface area contributed by atoms with Crippen molar-refractivity contribution in [1.29, 1.82) is 0 Å². The van der Waals surface area contributed by atoms with Gasteiger partial charge in [-0.2, -0.15) is 0 Å². The van der Waals surface area contributed by atoms with Crippen LogP contribution in [0.15, 0.2) is 30.5 Å². The number of carbonyl (C=O) groups is 5. The van der Waals surface area contributed by atoms with Gasteiger partial charge in [0.1, 0.15) is 12.1 Å². The summed E-state index contributed by atoms with van der Waals surface area (Å²) in [5.41, 5.74) is 7.06. The molecule has 0 aliphatic carbocycles. The molecule has 1 heterocycles. The summed E-state index contributed by atoms with van der Waals surface area (Å²) in [7, 11) is 0. The number of rotatable bonds is 13. The molecule has 0 saturated heterocycles. The minimum atomic E-state index is -1.43. The molecule has 0 aliphatic heterocycles. The maximum absolute atomic E-state index is 12.2. The number of benzene rings is 1. The van der Waals surface area contributed by atoms with Crippen molar-refractivity contribution in [2.45, 2.75) is 37.4 Å². The van der Waals surface area contributed by atoms with Crippen LogP contribution in [0.3, 0.4) is 0 Å². The molecule has 1 aromatic heterocycles. The number of para-hydroxylation sites is 1. The maximum atomic E-state index is 12.2. The van der Waals surface area contributed by atoms with E-state index in [1.165, 1.54) is 0 Å². The van der Waals surface area contributed by atoms with Crippen molar-refractivity contribution in [3.05, 3.63) is 36.0 Å². The average Bonchev–Trinajstić information content (AvgIpc) is 3.21. The van der Waals surface area contributed by atoms with E-state index >= 15 is 0 Å². The second-order valence-electron chi connectivity index (χ2n) is 7.52. The Balaban J connectivity index is 1.88. The van der Waals surface area contributed by atoms with Crippen molar-refractivity contribution in [2.24, 2.45) is 5.73 Å². The van der Waals surface area contributed by atoms with Crippen molar-refractivity contribution in [1.82, 2.24) is 20.9 Å². The molecule has 0 fully saturated rings. The molecule has 34 heavy (non-hydrogen) atoms. The number of carboxylic acid groups (broad SMARTS) is 2. The van der Waals surface area contributed by atoms with Crippen LogP contribution in [0.4, 0.5) is 0 Å². The zero-order chi connectivity index (χ0) is 25.3. The first-order chi connectivity index (χ1) is 16.1. The number of hydrogen-bond acceptors (Lipinski definition) is 7. The number of nitrogens with one attached hydrogen (secondary N) is 4. The minimum Gasteiger partial charge on any atom is -0.481 e. The molecule has 0 radical (unpaired) electrons. The Labute approximate surface area is 193 Å². The summed E-state index contributed by atoms with van der Waals surface area (Å²) in [4.78, 5) is 61.6. The highest BCUT2D eigenvalue weighted by Crippen LogP contribution is 2.19. The van der Waals surface area contributed by atoms with Gasteiger partial charge in [0.2, 0.25) is 17.7 Å². The SMILES string of the molecule is NC(CCC(=O)O)C(=O)NC(CO)C(=O)NCC(=O)NC(Cc1c[nH]c2ccccc12)C(=O)O. The van der Waals surface area contributed by atoms with Crippen LogP contribution in [-0.4, -0.2) is 81.2 Å². The van der Waals surface area contributed by atoms with E-state index in [2.05, 4.69) is 20.9 Å². The third kappa shape index (κ3) is 7.56. The van der Waals surface area contributed by atoms with Gasteiger partial charge in [-0.15, -0.1) is 0 Å². The van der Waals surface area contributed by atoms with Gasteiger partial charge in [0.25, 0.3) is 0 Å². The van der Waals surface area contributed by atoms with Crippen molar-refractivity contribution >= 4 is 40.6 Å². The molecule has 2 aromatic rings. The largest absolute Gasteiger partial charge is 0.481 e. The molecule has 0 saturated carbocycles. The number of nitrogens with two attached hydrogens (primary N) is 1. The summed E-state index contributed by atoms with van der Waals surface area (Å²) >= 11 is 0. The van der Waals surface area contributed by atoms with Gasteiger partial charge < -0.3 is 42.0 Å². The van der Waals surface area contributed by atoms with Crippen molar-refractivity contribution in [3.63, 3.8) is 0 Å². The molecule has 184 valence electrons. The van der Waals surface area contributed by atoms with Gasteiger partial charge in [-0.3, -0.25) is 19.2 Å². The van der Waals surface area contributed by atoms with Crippen LogP contribution in [0, 0.1) is 0 Å². The van der Waals surface area contributed by atoms with Crippen molar-refractivity contribution in [2.75, 3.05) is 13.2 Å². The van der Waals surface area contributed by atoms with E-state index in [1.54, 1.807) is 12.3 Å². The Morgan fingerprint density at radius 2 is 1.71 bits per heavy atom.